The Morgan fingerprint density at radius 1 is 1.23 bits per heavy atom. The van der Waals surface area contributed by atoms with Gasteiger partial charge in [0.15, 0.2) is 0 Å². The Morgan fingerprint density at radius 3 is 2.08 bits per heavy atom. The average molecular weight is 227 g/mol. The number of rotatable bonds is 2. The van der Waals surface area contributed by atoms with Crippen LogP contribution in [-0.4, -0.2) is 8.42 Å². The van der Waals surface area contributed by atoms with Crippen LogP contribution in [0, 0.1) is 5.82 Å². The maximum atomic E-state index is 12.3. The Balaban J connectivity index is 0.00000144. The second kappa shape index (κ2) is 4.52. The van der Waals surface area contributed by atoms with Crippen molar-refractivity contribution < 1.29 is 12.8 Å². The predicted molar refractivity (Wildman–Crippen MR) is 48.2 cm³/mol. The van der Waals surface area contributed by atoms with Crippen molar-refractivity contribution >= 4 is 22.4 Å². The van der Waals surface area contributed by atoms with Gasteiger partial charge in [0.2, 0.25) is 0 Å². The van der Waals surface area contributed by atoms with Gasteiger partial charge in [-0.2, -0.15) is 4.83 Å². The number of nitrogens with two attached hydrogens (primary N) is 1. The first-order chi connectivity index (χ1) is 5.56. The molecule has 0 aromatic heterocycles. The van der Waals surface area contributed by atoms with Gasteiger partial charge in [-0.3, -0.25) is 5.84 Å². The Bertz CT molecular complexity index is 365. The highest BCUT2D eigenvalue weighted by atomic mass is 35.5. The molecule has 0 atom stereocenters. The summed E-state index contributed by atoms with van der Waals surface area (Å²) < 4.78 is 34.2. The van der Waals surface area contributed by atoms with E-state index in [1.807, 2.05) is 0 Å². The smallest absolute Gasteiger partial charge is 0.253 e. The van der Waals surface area contributed by atoms with Crippen molar-refractivity contribution in [2.24, 2.45) is 5.84 Å². The molecule has 0 spiro atoms. The lowest BCUT2D eigenvalue weighted by atomic mass is 10.4. The predicted octanol–water partition coefficient (Wildman–Crippen LogP) is 0.400. The van der Waals surface area contributed by atoms with E-state index >= 15 is 0 Å². The number of nitrogens with one attached hydrogen (secondary N) is 1. The molecule has 1 aromatic rings. The van der Waals surface area contributed by atoms with Crippen LogP contribution < -0.4 is 10.7 Å². The molecule has 0 unspecified atom stereocenters. The van der Waals surface area contributed by atoms with Crippen LogP contribution in [0.1, 0.15) is 0 Å². The van der Waals surface area contributed by atoms with Crippen LogP contribution in [0.25, 0.3) is 0 Å². The maximum Gasteiger partial charge on any atom is 0.253 e. The average Bonchev–Trinajstić information content (AvgIpc) is 2.05. The zero-order valence-corrected chi connectivity index (χ0v) is 8.03. The minimum Gasteiger partial charge on any atom is -0.257 e. The van der Waals surface area contributed by atoms with Crippen molar-refractivity contribution in [3.63, 3.8) is 0 Å². The highest BCUT2D eigenvalue weighted by Crippen LogP contribution is 2.07. The van der Waals surface area contributed by atoms with Crippen LogP contribution >= 0.6 is 12.4 Å². The second-order valence-electron chi connectivity index (χ2n) is 2.08. The molecule has 0 fully saturated rings. The van der Waals surface area contributed by atoms with E-state index in [-0.39, 0.29) is 17.3 Å². The van der Waals surface area contributed by atoms with Crippen molar-refractivity contribution in [1.82, 2.24) is 4.83 Å². The van der Waals surface area contributed by atoms with Gasteiger partial charge in [-0.05, 0) is 24.3 Å². The highest BCUT2D eigenvalue weighted by molar-refractivity contribution is 7.89. The van der Waals surface area contributed by atoms with E-state index in [1.54, 1.807) is 4.83 Å². The first-order valence-corrected chi connectivity index (χ1v) is 4.52. The van der Waals surface area contributed by atoms with E-state index in [0.29, 0.717) is 0 Å². The lowest BCUT2D eigenvalue weighted by Crippen LogP contribution is -2.30. The molecular formula is C6H8ClFN2O2S. The van der Waals surface area contributed by atoms with E-state index in [2.05, 4.69) is 0 Å². The molecule has 13 heavy (non-hydrogen) atoms. The largest absolute Gasteiger partial charge is 0.257 e. The van der Waals surface area contributed by atoms with Crippen molar-refractivity contribution in [1.29, 1.82) is 0 Å². The Morgan fingerprint density at radius 2 is 1.69 bits per heavy atom. The van der Waals surface area contributed by atoms with Crippen molar-refractivity contribution in [3.8, 4) is 0 Å². The molecule has 1 aromatic carbocycles. The lowest BCUT2D eigenvalue weighted by molar-refractivity contribution is 0.583. The molecule has 1 rings (SSSR count). The zero-order chi connectivity index (χ0) is 9.19. The first-order valence-electron chi connectivity index (χ1n) is 3.04. The quantitative estimate of drug-likeness (QED) is 0.566. The van der Waals surface area contributed by atoms with Gasteiger partial charge in [-0.25, -0.2) is 12.8 Å². The van der Waals surface area contributed by atoms with Crippen LogP contribution in [0.4, 0.5) is 4.39 Å². The molecule has 0 heterocycles. The summed E-state index contributed by atoms with van der Waals surface area (Å²) in [6.45, 7) is 0. The van der Waals surface area contributed by atoms with Crippen molar-refractivity contribution in [3.05, 3.63) is 30.1 Å². The van der Waals surface area contributed by atoms with Crippen LogP contribution in [0.2, 0.25) is 0 Å². The Labute approximate surface area is 81.4 Å². The summed E-state index contributed by atoms with van der Waals surface area (Å²) in [5.74, 6) is 4.25. The number of benzene rings is 1. The van der Waals surface area contributed by atoms with Gasteiger partial charge in [-0.1, -0.05) is 0 Å². The van der Waals surface area contributed by atoms with Gasteiger partial charge in [0, 0.05) is 0 Å². The number of halogens is 2. The minimum absolute atomic E-state index is 0. The summed E-state index contributed by atoms with van der Waals surface area (Å²) >= 11 is 0. The summed E-state index contributed by atoms with van der Waals surface area (Å²) in [6.07, 6.45) is 0. The SMILES string of the molecule is Cl.NNS(=O)(=O)c1ccc(F)cc1. The van der Waals surface area contributed by atoms with E-state index in [9.17, 15) is 12.8 Å². The normalized spacial score (nSPS) is 10.6. The summed E-state index contributed by atoms with van der Waals surface area (Å²) in [6, 6.07) is 4.35. The Hall–Kier alpha value is -0.690. The molecule has 4 nitrogen and oxygen atoms in total. The zero-order valence-electron chi connectivity index (χ0n) is 6.40. The number of hydrazine groups is 1. The molecule has 0 bridgehead atoms. The van der Waals surface area contributed by atoms with Crippen LogP contribution in [0.5, 0.6) is 0 Å². The molecule has 0 radical (unpaired) electrons. The minimum atomic E-state index is -3.65. The van der Waals surface area contributed by atoms with Crippen molar-refractivity contribution in [2.75, 3.05) is 0 Å². The van der Waals surface area contributed by atoms with Gasteiger partial charge in [0.1, 0.15) is 5.82 Å². The fourth-order valence-electron chi connectivity index (χ4n) is 0.682. The molecule has 0 amide bonds. The summed E-state index contributed by atoms with van der Waals surface area (Å²) in [5, 5.41) is 0. The van der Waals surface area contributed by atoms with E-state index in [4.69, 9.17) is 5.84 Å². The third kappa shape index (κ3) is 2.92. The number of sulfonamides is 1. The molecule has 3 N–H and O–H groups in total. The number of hydrogen-bond acceptors (Lipinski definition) is 3. The summed E-state index contributed by atoms with van der Waals surface area (Å²) in [5.41, 5.74) is 0. The third-order valence-corrected chi connectivity index (χ3v) is 2.48. The van der Waals surface area contributed by atoms with E-state index in [0.717, 1.165) is 24.3 Å². The monoisotopic (exact) mass is 226 g/mol. The first kappa shape index (κ1) is 12.3. The van der Waals surface area contributed by atoms with Gasteiger partial charge in [0.05, 0.1) is 4.90 Å². The lowest BCUT2D eigenvalue weighted by Gasteiger charge is -2.00. The van der Waals surface area contributed by atoms with Crippen LogP contribution in [0.15, 0.2) is 29.2 Å². The second-order valence-corrected chi connectivity index (χ2v) is 3.79. The summed E-state index contributed by atoms with van der Waals surface area (Å²) in [4.78, 5) is 1.56. The van der Waals surface area contributed by atoms with E-state index < -0.39 is 15.8 Å². The molecule has 0 saturated heterocycles. The Kier molecular flexibility index (Phi) is 4.28. The fraction of sp³-hybridized carbons (Fsp3) is 0. The standard InChI is InChI=1S/C6H7FN2O2S.ClH/c7-5-1-3-6(4-2-5)12(10,11)9-8;/h1-4,9H,8H2;1H. The van der Waals surface area contributed by atoms with Crippen LogP contribution in [-0.2, 0) is 10.0 Å². The summed E-state index contributed by atoms with van der Waals surface area (Å²) in [7, 11) is -3.65. The molecule has 0 saturated carbocycles. The van der Waals surface area contributed by atoms with Gasteiger partial charge in [-0.15, -0.1) is 12.4 Å². The topological polar surface area (TPSA) is 72.2 Å². The van der Waals surface area contributed by atoms with E-state index in [1.165, 1.54) is 0 Å². The molecule has 0 aliphatic heterocycles. The van der Waals surface area contributed by atoms with Gasteiger partial charge in [0.25, 0.3) is 10.0 Å². The van der Waals surface area contributed by atoms with Crippen molar-refractivity contribution in [2.45, 2.75) is 4.90 Å². The van der Waals surface area contributed by atoms with Crippen LogP contribution in [0.3, 0.4) is 0 Å². The van der Waals surface area contributed by atoms with Gasteiger partial charge < -0.3 is 0 Å². The highest BCUT2D eigenvalue weighted by Gasteiger charge is 2.10. The fourth-order valence-corrected chi connectivity index (χ4v) is 1.31. The third-order valence-electron chi connectivity index (χ3n) is 1.28. The molecule has 0 aliphatic rings. The molecule has 0 aliphatic carbocycles. The molecule has 7 heteroatoms. The number of hydrogen-bond donors (Lipinski definition) is 2. The molecule has 74 valence electrons. The van der Waals surface area contributed by atoms with Gasteiger partial charge >= 0.3 is 0 Å². The maximum absolute atomic E-state index is 12.3. The molecular weight excluding hydrogens is 219 g/mol.